The lowest BCUT2D eigenvalue weighted by molar-refractivity contribution is -0.141. The number of hydrogen-bond donors (Lipinski definition) is 3. The number of carbonyl (C=O) groups excluding carboxylic acids is 1. The van der Waals surface area contributed by atoms with Crippen molar-refractivity contribution in [3.05, 3.63) is 0 Å². The van der Waals surface area contributed by atoms with Crippen LogP contribution < -0.4 is 10.6 Å². The van der Waals surface area contributed by atoms with Gasteiger partial charge in [0.05, 0.1) is 5.92 Å². The highest BCUT2D eigenvalue weighted by molar-refractivity contribution is 5.74. The minimum Gasteiger partial charge on any atom is -0.481 e. The molecule has 0 aliphatic rings. The monoisotopic (exact) mass is 286 g/mol. The standard InChI is InChI=1S/C15H30N2O3/c1-5-6-7-9-15(3,4)11-17-14(20)16-10-8-12(2)13(18)19/h12H,5-11H2,1-4H3,(H,18,19)(H2,16,17,20). The lowest BCUT2D eigenvalue weighted by Crippen LogP contribution is -2.41. The van der Waals surface area contributed by atoms with Crippen LogP contribution in [0.5, 0.6) is 0 Å². The maximum absolute atomic E-state index is 11.6. The topological polar surface area (TPSA) is 78.4 Å². The van der Waals surface area contributed by atoms with Gasteiger partial charge in [-0.2, -0.15) is 0 Å². The van der Waals surface area contributed by atoms with E-state index in [4.69, 9.17) is 5.11 Å². The Kier molecular flexibility index (Phi) is 9.01. The molecule has 0 spiro atoms. The molecule has 2 amide bonds. The molecule has 0 heterocycles. The Morgan fingerprint density at radius 3 is 2.40 bits per heavy atom. The molecule has 0 aliphatic heterocycles. The van der Waals surface area contributed by atoms with Crippen LogP contribution in [0.2, 0.25) is 0 Å². The summed E-state index contributed by atoms with van der Waals surface area (Å²) in [6.07, 6.45) is 5.15. The van der Waals surface area contributed by atoms with E-state index in [1.54, 1.807) is 6.92 Å². The maximum atomic E-state index is 11.6. The van der Waals surface area contributed by atoms with Gasteiger partial charge < -0.3 is 15.7 Å². The van der Waals surface area contributed by atoms with Gasteiger partial charge in [-0.25, -0.2) is 4.79 Å². The van der Waals surface area contributed by atoms with Gasteiger partial charge in [-0.3, -0.25) is 4.79 Å². The Labute approximate surface area is 122 Å². The van der Waals surface area contributed by atoms with E-state index in [-0.39, 0.29) is 11.4 Å². The van der Waals surface area contributed by atoms with E-state index < -0.39 is 11.9 Å². The largest absolute Gasteiger partial charge is 0.481 e. The molecule has 5 heteroatoms. The highest BCUT2D eigenvalue weighted by Crippen LogP contribution is 2.22. The van der Waals surface area contributed by atoms with Gasteiger partial charge in [0.1, 0.15) is 0 Å². The van der Waals surface area contributed by atoms with Crippen LogP contribution in [0.4, 0.5) is 4.79 Å². The van der Waals surface area contributed by atoms with Crippen molar-refractivity contribution in [2.45, 2.75) is 59.8 Å². The Morgan fingerprint density at radius 2 is 1.85 bits per heavy atom. The van der Waals surface area contributed by atoms with E-state index in [1.165, 1.54) is 19.3 Å². The van der Waals surface area contributed by atoms with Crippen molar-refractivity contribution in [1.29, 1.82) is 0 Å². The van der Waals surface area contributed by atoms with Crippen LogP contribution in [0.15, 0.2) is 0 Å². The molecule has 0 bridgehead atoms. The summed E-state index contributed by atoms with van der Waals surface area (Å²) in [6.45, 7) is 9.13. The summed E-state index contributed by atoms with van der Waals surface area (Å²) in [4.78, 5) is 22.2. The molecule has 0 aliphatic carbocycles. The molecule has 0 saturated heterocycles. The number of carboxylic acid groups (broad SMARTS) is 1. The molecule has 118 valence electrons. The van der Waals surface area contributed by atoms with Crippen molar-refractivity contribution in [2.75, 3.05) is 13.1 Å². The third-order valence-electron chi connectivity index (χ3n) is 3.47. The van der Waals surface area contributed by atoms with E-state index in [0.717, 1.165) is 6.42 Å². The zero-order valence-electron chi connectivity index (χ0n) is 13.3. The number of carbonyl (C=O) groups is 2. The minimum atomic E-state index is -0.829. The lowest BCUT2D eigenvalue weighted by atomic mass is 9.87. The number of urea groups is 1. The van der Waals surface area contributed by atoms with Gasteiger partial charge in [0.15, 0.2) is 0 Å². The Hall–Kier alpha value is -1.26. The number of carboxylic acids is 1. The number of aliphatic carboxylic acids is 1. The molecule has 0 saturated carbocycles. The molecular formula is C15H30N2O3. The molecule has 0 aromatic rings. The molecule has 0 aromatic carbocycles. The predicted octanol–water partition coefficient (Wildman–Crippen LogP) is 3.00. The SMILES string of the molecule is CCCCCC(C)(C)CNC(=O)NCCC(C)C(=O)O. The third kappa shape index (κ3) is 9.64. The van der Waals surface area contributed by atoms with E-state index in [1.807, 2.05) is 0 Å². The van der Waals surface area contributed by atoms with Gasteiger partial charge >= 0.3 is 12.0 Å². The van der Waals surface area contributed by atoms with Gasteiger partial charge in [-0.15, -0.1) is 0 Å². The number of rotatable bonds is 10. The van der Waals surface area contributed by atoms with E-state index in [9.17, 15) is 9.59 Å². The Balaban J connectivity index is 3.78. The van der Waals surface area contributed by atoms with Crippen LogP contribution in [0.25, 0.3) is 0 Å². The maximum Gasteiger partial charge on any atom is 0.314 e. The first-order valence-electron chi connectivity index (χ1n) is 7.53. The quantitative estimate of drug-likeness (QED) is 0.540. The van der Waals surface area contributed by atoms with E-state index in [2.05, 4.69) is 31.4 Å². The van der Waals surface area contributed by atoms with Crippen molar-refractivity contribution in [3.63, 3.8) is 0 Å². The summed E-state index contributed by atoms with van der Waals surface area (Å²) >= 11 is 0. The number of amides is 2. The number of nitrogens with one attached hydrogen (secondary N) is 2. The summed E-state index contributed by atoms with van der Waals surface area (Å²) in [5.74, 6) is -1.26. The fraction of sp³-hybridized carbons (Fsp3) is 0.867. The highest BCUT2D eigenvalue weighted by atomic mass is 16.4. The molecule has 3 N–H and O–H groups in total. The normalized spacial score (nSPS) is 12.8. The number of unbranched alkanes of at least 4 members (excludes halogenated alkanes) is 2. The van der Waals surface area contributed by atoms with Crippen molar-refractivity contribution in [1.82, 2.24) is 10.6 Å². The molecule has 0 aromatic heterocycles. The van der Waals surface area contributed by atoms with Gasteiger partial charge in [0, 0.05) is 13.1 Å². The first kappa shape index (κ1) is 18.7. The molecule has 5 nitrogen and oxygen atoms in total. The summed E-state index contributed by atoms with van der Waals surface area (Å²) in [6, 6.07) is -0.217. The summed E-state index contributed by atoms with van der Waals surface area (Å²) in [5, 5.41) is 14.3. The van der Waals surface area contributed by atoms with Crippen molar-refractivity contribution >= 4 is 12.0 Å². The van der Waals surface area contributed by atoms with Crippen LogP contribution in [-0.2, 0) is 4.79 Å². The third-order valence-corrected chi connectivity index (χ3v) is 3.47. The molecule has 0 radical (unpaired) electrons. The van der Waals surface area contributed by atoms with Gasteiger partial charge in [0.2, 0.25) is 0 Å². The summed E-state index contributed by atoms with van der Waals surface area (Å²) in [7, 11) is 0. The highest BCUT2D eigenvalue weighted by Gasteiger charge is 2.18. The Bertz CT molecular complexity index is 303. The molecule has 0 rings (SSSR count). The van der Waals surface area contributed by atoms with Crippen molar-refractivity contribution in [2.24, 2.45) is 11.3 Å². The van der Waals surface area contributed by atoms with Crippen LogP contribution in [0.1, 0.15) is 59.8 Å². The second-order valence-electron chi connectivity index (χ2n) is 6.26. The van der Waals surface area contributed by atoms with E-state index in [0.29, 0.717) is 19.5 Å². The molecule has 0 fully saturated rings. The molecule has 1 atom stereocenters. The summed E-state index contributed by atoms with van der Waals surface area (Å²) in [5.41, 5.74) is 0.0981. The zero-order chi connectivity index (χ0) is 15.6. The summed E-state index contributed by atoms with van der Waals surface area (Å²) < 4.78 is 0. The van der Waals surface area contributed by atoms with Crippen LogP contribution in [0, 0.1) is 11.3 Å². The first-order valence-corrected chi connectivity index (χ1v) is 7.53. The van der Waals surface area contributed by atoms with Crippen LogP contribution >= 0.6 is 0 Å². The van der Waals surface area contributed by atoms with Gasteiger partial charge in [0.25, 0.3) is 0 Å². The molecular weight excluding hydrogens is 256 g/mol. The van der Waals surface area contributed by atoms with E-state index >= 15 is 0 Å². The Morgan fingerprint density at radius 1 is 1.20 bits per heavy atom. The lowest BCUT2D eigenvalue weighted by Gasteiger charge is -2.25. The first-order chi connectivity index (χ1) is 9.28. The average Bonchev–Trinajstić information content (AvgIpc) is 2.36. The van der Waals surface area contributed by atoms with Crippen molar-refractivity contribution in [3.8, 4) is 0 Å². The zero-order valence-corrected chi connectivity index (χ0v) is 13.3. The minimum absolute atomic E-state index is 0.0981. The average molecular weight is 286 g/mol. The van der Waals surface area contributed by atoms with Crippen molar-refractivity contribution < 1.29 is 14.7 Å². The number of hydrogen-bond acceptors (Lipinski definition) is 2. The fourth-order valence-corrected chi connectivity index (χ4v) is 1.85. The van der Waals surface area contributed by atoms with Gasteiger partial charge in [-0.05, 0) is 18.3 Å². The fourth-order valence-electron chi connectivity index (χ4n) is 1.85. The van der Waals surface area contributed by atoms with Crippen LogP contribution in [0.3, 0.4) is 0 Å². The van der Waals surface area contributed by atoms with Gasteiger partial charge in [-0.1, -0.05) is 47.0 Å². The molecule has 1 unspecified atom stereocenters. The molecule has 20 heavy (non-hydrogen) atoms. The predicted molar refractivity (Wildman–Crippen MR) is 80.7 cm³/mol. The second kappa shape index (κ2) is 9.61. The smallest absolute Gasteiger partial charge is 0.314 e. The van der Waals surface area contributed by atoms with Crippen LogP contribution in [-0.4, -0.2) is 30.2 Å². The second-order valence-corrected chi connectivity index (χ2v) is 6.26.